The molecule has 1 aromatic heterocycles. The van der Waals surface area contributed by atoms with Crippen LogP contribution in [0.25, 0.3) is 5.69 Å². The van der Waals surface area contributed by atoms with E-state index in [4.69, 9.17) is 12.2 Å². The average Bonchev–Trinajstić information content (AvgIpc) is 3.07. The van der Waals surface area contributed by atoms with Crippen LogP contribution >= 0.6 is 35.3 Å². The monoisotopic (exact) mass is 429 g/mol. The van der Waals surface area contributed by atoms with E-state index in [1.807, 2.05) is 56.3 Å². The summed E-state index contributed by atoms with van der Waals surface area (Å²) in [5, 5.41) is 7.68. The molecular formula is C21H23N3OS3. The van der Waals surface area contributed by atoms with Crippen LogP contribution in [0.2, 0.25) is 0 Å². The van der Waals surface area contributed by atoms with Gasteiger partial charge in [0.2, 0.25) is 0 Å². The van der Waals surface area contributed by atoms with Crippen molar-refractivity contribution in [2.24, 2.45) is 0 Å². The van der Waals surface area contributed by atoms with E-state index >= 15 is 0 Å². The molecule has 146 valence electrons. The lowest BCUT2D eigenvalue weighted by Gasteiger charge is -2.24. The maximum Gasteiger partial charge on any atom is 0.251 e. The average molecular weight is 430 g/mol. The Kier molecular flexibility index (Phi) is 6.69. The standard InChI is InChI=1S/C21H23N3OS3/c1-4-21(2,3)22-18(25)16-10-12-17(13-11-16)24-20(26)28-19(23-24)27-14-15-8-6-5-7-9-15/h5-13H,4,14H2,1-3H3,(H,22,25). The number of thioether (sulfide) groups is 1. The molecule has 0 bridgehead atoms. The summed E-state index contributed by atoms with van der Waals surface area (Å²) in [6.45, 7) is 6.09. The fraction of sp³-hybridized carbons (Fsp3) is 0.286. The molecule has 0 spiro atoms. The third kappa shape index (κ3) is 5.31. The van der Waals surface area contributed by atoms with E-state index in [1.54, 1.807) is 16.4 Å². The van der Waals surface area contributed by atoms with E-state index in [9.17, 15) is 4.79 Å². The smallest absolute Gasteiger partial charge is 0.251 e. The predicted octanol–water partition coefficient (Wildman–Crippen LogP) is 5.87. The number of rotatable bonds is 7. The van der Waals surface area contributed by atoms with Crippen molar-refractivity contribution in [3.63, 3.8) is 0 Å². The summed E-state index contributed by atoms with van der Waals surface area (Å²) in [6.07, 6.45) is 0.869. The SMILES string of the molecule is CCC(C)(C)NC(=O)c1ccc(-n2nc(SCc3ccccc3)sc2=S)cc1. The van der Waals surface area contributed by atoms with Gasteiger partial charge < -0.3 is 5.32 Å². The molecule has 0 aliphatic carbocycles. The van der Waals surface area contributed by atoms with Crippen LogP contribution < -0.4 is 5.32 Å². The predicted molar refractivity (Wildman–Crippen MR) is 120 cm³/mol. The van der Waals surface area contributed by atoms with E-state index in [-0.39, 0.29) is 11.4 Å². The second-order valence-electron chi connectivity index (χ2n) is 7.06. The lowest BCUT2D eigenvalue weighted by atomic mass is 10.0. The van der Waals surface area contributed by atoms with Crippen LogP contribution in [0.4, 0.5) is 0 Å². The molecule has 0 aliphatic rings. The Hall–Kier alpha value is -1.96. The topological polar surface area (TPSA) is 46.9 Å². The molecule has 0 radical (unpaired) electrons. The molecule has 0 fully saturated rings. The highest BCUT2D eigenvalue weighted by Crippen LogP contribution is 2.27. The molecule has 2 aromatic carbocycles. The van der Waals surface area contributed by atoms with Crippen LogP contribution in [-0.4, -0.2) is 21.2 Å². The molecule has 3 rings (SSSR count). The Morgan fingerprint density at radius 3 is 2.50 bits per heavy atom. The van der Waals surface area contributed by atoms with Crippen molar-refractivity contribution in [1.82, 2.24) is 15.1 Å². The van der Waals surface area contributed by atoms with E-state index in [0.717, 1.165) is 22.2 Å². The van der Waals surface area contributed by atoms with Crippen molar-refractivity contribution in [3.05, 3.63) is 69.7 Å². The molecule has 4 nitrogen and oxygen atoms in total. The van der Waals surface area contributed by atoms with Crippen LogP contribution in [0.3, 0.4) is 0 Å². The molecule has 28 heavy (non-hydrogen) atoms. The van der Waals surface area contributed by atoms with Crippen molar-refractivity contribution in [3.8, 4) is 5.69 Å². The second kappa shape index (κ2) is 9.03. The minimum Gasteiger partial charge on any atom is -0.347 e. The molecule has 0 saturated heterocycles. The first kappa shape index (κ1) is 20.8. The van der Waals surface area contributed by atoms with Gasteiger partial charge in [-0.25, -0.2) is 4.68 Å². The van der Waals surface area contributed by atoms with Gasteiger partial charge in [0, 0.05) is 16.9 Å². The quantitative estimate of drug-likeness (QED) is 0.377. The lowest BCUT2D eigenvalue weighted by molar-refractivity contribution is 0.0911. The van der Waals surface area contributed by atoms with E-state index < -0.39 is 0 Å². The third-order valence-corrected chi connectivity index (χ3v) is 6.88. The minimum absolute atomic E-state index is 0.0700. The number of aromatic nitrogens is 2. The Bertz CT molecular complexity index is 992. The van der Waals surface area contributed by atoms with Gasteiger partial charge in [-0.3, -0.25) is 4.79 Å². The summed E-state index contributed by atoms with van der Waals surface area (Å²) in [7, 11) is 0. The number of benzene rings is 2. The molecule has 3 aromatic rings. The van der Waals surface area contributed by atoms with Gasteiger partial charge in [-0.1, -0.05) is 60.4 Å². The second-order valence-corrected chi connectivity index (χ2v) is 9.90. The van der Waals surface area contributed by atoms with Crippen LogP contribution in [0.15, 0.2) is 58.9 Å². The number of carbonyl (C=O) groups excluding carboxylic acids is 1. The molecule has 0 atom stereocenters. The fourth-order valence-corrected chi connectivity index (χ4v) is 4.74. The van der Waals surface area contributed by atoms with Gasteiger partial charge in [-0.2, -0.15) is 0 Å². The van der Waals surface area contributed by atoms with Gasteiger partial charge in [0.1, 0.15) is 0 Å². The maximum absolute atomic E-state index is 12.4. The normalized spacial score (nSPS) is 11.4. The summed E-state index contributed by atoms with van der Waals surface area (Å²) in [4.78, 5) is 12.4. The van der Waals surface area contributed by atoms with Crippen LogP contribution in [0, 0.1) is 3.95 Å². The number of nitrogens with zero attached hydrogens (tertiary/aromatic N) is 2. The van der Waals surface area contributed by atoms with Crippen molar-refractivity contribution in [1.29, 1.82) is 0 Å². The number of nitrogens with one attached hydrogen (secondary N) is 1. The molecule has 0 saturated carbocycles. The fourth-order valence-electron chi connectivity index (χ4n) is 2.42. The van der Waals surface area contributed by atoms with Crippen LogP contribution in [0.5, 0.6) is 0 Å². The van der Waals surface area contributed by atoms with E-state index in [1.165, 1.54) is 16.9 Å². The first-order valence-electron chi connectivity index (χ1n) is 9.08. The zero-order chi connectivity index (χ0) is 20.1. The van der Waals surface area contributed by atoms with Gasteiger partial charge in [-0.15, -0.1) is 5.10 Å². The summed E-state index contributed by atoms with van der Waals surface area (Å²) in [5.41, 5.74) is 2.52. The molecule has 1 heterocycles. The molecule has 7 heteroatoms. The zero-order valence-electron chi connectivity index (χ0n) is 16.1. The van der Waals surface area contributed by atoms with Gasteiger partial charge >= 0.3 is 0 Å². The lowest BCUT2D eigenvalue weighted by Crippen LogP contribution is -2.42. The van der Waals surface area contributed by atoms with E-state index in [0.29, 0.717) is 9.52 Å². The highest BCUT2D eigenvalue weighted by Gasteiger charge is 2.18. The largest absolute Gasteiger partial charge is 0.347 e. The van der Waals surface area contributed by atoms with Crippen molar-refractivity contribution in [2.75, 3.05) is 0 Å². The first-order valence-corrected chi connectivity index (χ1v) is 11.3. The molecule has 1 N–H and O–H groups in total. The van der Waals surface area contributed by atoms with E-state index in [2.05, 4.69) is 29.5 Å². The number of hydrogen-bond acceptors (Lipinski definition) is 5. The highest BCUT2D eigenvalue weighted by atomic mass is 32.2. The molecule has 0 unspecified atom stereocenters. The van der Waals surface area contributed by atoms with Crippen LogP contribution in [0.1, 0.15) is 43.1 Å². The number of carbonyl (C=O) groups is 1. The van der Waals surface area contributed by atoms with Gasteiger partial charge in [0.05, 0.1) is 5.69 Å². The minimum atomic E-state index is -0.224. The summed E-state index contributed by atoms with van der Waals surface area (Å²) >= 11 is 8.66. The third-order valence-electron chi connectivity index (χ3n) is 4.44. The van der Waals surface area contributed by atoms with Gasteiger partial charge in [0.25, 0.3) is 5.91 Å². The van der Waals surface area contributed by atoms with Gasteiger partial charge in [-0.05, 0) is 62.3 Å². The van der Waals surface area contributed by atoms with Gasteiger partial charge in [0.15, 0.2) is 8.29 Å². The number of hydrogen-bond donors (Lipinski definition) is 1. The molecule has 0 aliphatic heterocycles. The Morgan fingerprint density at radius 2 is 1.86 bits per heavy atom. The highest BCUT2D eigenvalue weighted by molar-refractivity contribution is 8.00. The molecular weight excluding hydrogens is 406 g/mol. The van der Waals surface area contributed by atoms with Crippen LogP contribution in [-0.2, 0) is 5.75 Å². The summed E-state index contributed by atoms with van der Waals surface area (Å²) < 4.78 is 3.38. The Balaban J connectivity index is 1.71. The Morgan fingerprint density at radius 1 is 1.18 bits per heavy atom. The maximum atomic E-state index is 12.4. The molecule has 1 amide bonds. The number of amides is 1. The summed E-state index contributed by atoms with van der Waals surface area (Å²) in [5.74, 6) is 0.787. The van der Waals surface area contributed by atoms with Crippen molar-refractivity contribution < 1.29 is 4.79 Å². The van der Waals surface area contributed by atoms with Crippen molar-refractivity contribution >= 4 is 41.2 Å². The van der Waals surface area contributed by atoms with Crippen molar-refractivity contribution in [2.45, 2.75) is 42.8 Å². The Labute approximate surface area is 179 Å². The first-order chi connectivity index (χ1) is 13.4. The summed E-state index contributed by atoms with van der Waals surface area (Å²) in [6, 6.07) is 17.7. The zero-order valence-corrected chi connectivity index (χ0v) is 18.6.